The first-order chi connectivity index (χ1) is 15.5. The highest BCUT2D eigenvalue weighted by Gasteiger charge is 2.31. The fourth-order valence-electron chi connectivity index (χ4n) is 2.92. The molecule has 4 atom stereocenters. The van der Waals surface area contributed by atoms with Crippen LogP contribution >= 0.6 is 0 Å². The van der Waals surface area contributed by atoms with Crippen LogP contribution in [0.15, 0.2) is 4.99 Å². The Kier molecular flexibility index (Phi) is 15.2. The molecule has 0 bridgehead atoms. The number of unbranched alkanes of at least 4 members (excludes halogenated alkanes) is 1. The van der Waals surface area contributed by atoms with Gasteiger partial charge in [-0.05, 0) is 38.1 Å². The first-order valence-electron chi connectivity index (χ1n) is 11.1. The Morgan fingerprint density at radius 3 is 2.18 bits per heavy atom. The van der Waals surface area contributed by atoms with Crippen LogP contribution in [0.4, 0.5) is 0 Å². The van der Waals surface area contributed by atoms with E-state index in [0.717, 1.165) is 6.42 Å². The maximum atomic E-state index is 13.0. The number of carboxylic acids is 1. The van der Waals surface area contributed by atoms with Crippen LogP contribution in [0.3, 0.4) is 0 Å². The van der Waals surface area contributed by atoms with E-state index in [1.54, 1.807) is 6.92 Å². The predicted octanol–water partition coefficient (Wildman–Crippen LogP) is -2.29. The van der Waals surface area contributed by atoms with E-state index in [4.69, 9.17) is 28.0 Å². The van der Waals surface area contributed by atoms with Crippen molar-refractivity contribution >= 4 is 29.7 Å². The minimum atomic E-state index is -1.22. The summed E-state index contributed by atoms with van der Waals surface area (Å²) in [7, 11) is 0. The number of carboxylic acid groups (broad SMARTS) is 1. The molecule has 0 radical (unpaired) electrons. The van der Waals surface area contributed by atoms with Gasteiger partial charge in [-0.25, -0.2) is 0 Å². The lowest BCUT2D eigenvalue weighted by atomic mass is 9.96. The highest BCUT2D eigenvalue weighted by molar-refractivity contribution is 5.93. The van der Waals surface area contributed by atoms with Gasteiger partial charge in [0.05, 0.1) is 6.04 Å². The first-order valence-corrected chi connectivity index (χ1v) is 11.1. The van der Waals surface area contributed by atoms with Crippen molar-refractivity contribution < 1.29 is 24.3 Å². The minimum absolute atomic E-state index is 0.103. The van der Waals surface area contributed by atoms with Gasteiger partial charge in [-0.15, -0.1) is 0 Å². The fourth-order valence-corrected chi connectivity index (χ4v) is 2.92. The molecule has 0 aromatic carbocycles. The molecule has 0 aliphatic carbocycles. The van der Waals surface area contributed by atoms with Gasteiger partial charge < -0.3 is 44.0 Å². The second kappa shape index (κ2) is 16.7. The maximum absolute atomic E-state index is 13.0. The number of rotatable bonds is 17. The normalized spacial score (nSPS) is 14.3. The Labute approximate surface area is 194 Å². The maximum Gasteiger partial charge on any atom is 0.322 e. The monoisotopic (exact) mass is 472 g/mol. The molecule has 0 saturated carbocycles. The summed E-state index contributed by atoms with van der Waals surface area (Å²) in [6.45, 7) is 3.79. The Balaban J connectivity index is 5.30. The molecule has 0 spiro atoms. The molecule has 0 aliphatic heterocycles. The summed E-state index contributed by atoms with van der Waals surface area (Å²) in [6.07, 6.45) is 2.96. The molecule has 13 heteroatoms. The number of hydrogen-bond donors (Lipinski definition) is 8. The van der Waals surface area contributed by atoms with Crippen molar-refractivity contribution in [1.29, 1.82) is 0 Å². The summed E-state index contributed by atoms with van der Waals surface area (Å²) in [5.74, 6) is -3.26. The summed E-state index contributed by atoms with van der Waals surface area (Å²) < 4.78 is 0. The number of nitrogens with zero attached hydrogens (tertiary/aromatic N) is 1. The van der Waals surface area contributed by atoms with E-state index < -0.39 is 48.4 Å². The lowest BCUT2D eigenvalue weighted by Gasteiger charge is -2.27. The number of carbonyl (C=O) groups excluding carboxylic acids is 3. The molecule has 0 heterocycles. The van der Waals surface area contributed by atoms with E-state index in [0.29, 0.717) is 32.2 Å². The molecule has 4 unspecified atom stereocenters. The van der Waals surface area contributed by atoms with Gasteiger partial charge >= 0.3 is 5.97 Å². The average Bonchev–Trinajstić information content (AvgIpc) is 2.76. The number of nitrogens with two attached hydrogens (primary N) is 4. The van der Waals surface area contributed by atoms with Crippen molar-refractivity contribution in [3.63, 3.8) is 0 Å². The van der Waals surface area contributed by atoms with Crippen LogP contribution in [-0.4, -0.2) is 72.5 Å². The zero-order chi connectivity index (χ0) is 25.4. The van der Waals surface area contributed by atoms with Gasteiger partial charge in [-0.1, -0.05) is 26.7 Å². The quantitative estimate of drug-likeness (QED) is 0.0644. The van der Waals surface area contributed by atoms with Gasteiger partial charge in [-0.2, -0.15) is 0 Å². The van der Waals surface area contributed by atoms with Crippen molar-refractivity contribution in [1.82, 2.24) is 16.0 Å². The van der Waals surface area contributed by atoms with E-state index in [1.807, 2.05) is 6.92 Å². The fraction of sp³-hybridized carbons (Fsp3) is 0.750. The molecule has 190 valence electrons. The third-order valence-corrected chi connectivity index (χ3v) is 5.09. The van der Waals surface area contributed by atoms with Gasteiger partial charge in [0.1, 0.15) is 18.6 Å². The van der Waals surface area contributed by atoms with E-state index >= 15 is 0 Å². The van der Waals surface area contributed by atoms with Gasteiger partial charge in [0.15, 0.2) is 5.96 Å². The lowest BCUT2D eigenvalue weighted by molar-refractivity contribution is -0.138. The summed E-state index contributed by atoms with van der Waals surface area (Å²) in [5.41, 5.74) is 22.0. The SMILES string of the molecule is CCC(C)C(NC(=O)C(N)CCCCN)C(=O)NC(CCCN=C(N)N)C(=O)NCC(=O)O. The summed E-state index contributed by atoms with van der Waals surface area (Å²) in [4.78, 5) is 52.6. The molecule has 0 rings (SSSR count). The van der Waals surface area contributed by atoms with Crippen molar-refractivity contribution in [3.05, 3.63) is 0 Å². The van der Waals surface area contributed by atoms with Crippen LogP contribution in [0.1, 0.15) is 52.4 Å². The van der Waals surface area contributed by atoms with Crippen molar-refractivity contribution in [2.75, 3.05) is 19.6 Å². The van der Waals surface area contributed by atoms with E-state index in [-0.39, 0.29) is 24.8 Å². The highest BCUT2D eigenvalue weighted by atomic mass is 16.4. The van der Waals surface area contributed by atoms with Crippen LogP contribution in [0.25, 0.3) is 0 Å². The van der Waals surface area contributed by atoms with Crippen LogP contribution in [-0.2, 0) is 19.2 Å². The second-order valence-corrected chi connectivity index (χ2v) is 7.88. The highest BCUT2D eigenvalue weighted by Crippen LogP contribution is 2.10. The molecule has 12 N–H and O–H groups in total. The molecule has 0 aromatic rings. The summed E-state index contributed by atoms with van der Waals surface area (Å²) in [6, 6.07) is -2.74. The number of nitrogens with one attached hydrogen (secondary N) is 3. The number of amides is 3. The molecule has 0 aliphatic rings. The smallest absolute Gasteiger partial charge is 0.322 e. The number of carbonyl (C=O) groups is 4. The standard InChI is InChI=1S/C20H40N8O5/c1-3-12(2)16(28-17(31)13(22)7-4-5-9-21)19(33)27-14(8-6-10-25-20(23)24)18(32)26-11-15(29)30/h12-14,16H,3-11,21-22H2,1-2H3,(H,26,32)(H,27,33)(H,28,31)(H,29,30)(H4,23,24,25). The summed E-state index contributed by atoms with van der Waals surface area (Å²) >= 11 is 0. The Morgan fingerprint density at radius 2 is 1.64 bits per heavy atom. The molecular weight excluding hydrogens is 432 g/mol. The zero-order valence-corrected chi connectivity index (χ0v) is 19.5. The van der Waals surface area contributed by atoms with Crippen LogP contribution in [0.2, 0.25) is 0 Å². The first kappa shape index (κ1) is 30.1. The topological polar surface area (TPSA) is 241 Å². The van der Waals surface area contributed by atoms with Crippen LogP contribution in [0.5, 0.6) is 0 Å². The van der Waals surface area contributed by atoms with E-state index in [2.05, 4.69) is 20.9 Å². The minimum Gasteiger partial charge on any atom is -0.480 e. The Hall–Kier alpha value is -2.93. The van der Waals surface area contributed by atoms with E-state index in [9.17, 15) is 19.2 Å². The molecular formula is C20H40N8O5. The number of aliphatic imine (C=N–C) groups is 1. The number of aliphatic carboxylic acids is 1. The molecule has 0 fully saturated rings. The number of hydrogen-bond acceptors (Lipinski definition) is 7. The van der Waals surface area contributed by atoms with Gasteiger partial charge in [0, 0.05) is 6.54 Å². The summed E-state index contributed by atoms with van der Waals surface area (Å²) in [5, 5.41) is 16.4. The second-order valence-electron chi connectivity index (χ2n) is 7.88. The molecule has 3 amide bonds. The Morgan fingerprint density at radius 1 is 0.970 bits per heavy atom. The van der Waals surface area contributed by atoms with E-state index in [1.165, 1.54) is 0 Å². The lowest BCUT2D eigenvalue weighted by Crippen LogP contribution is -2.57. The Bertz CT molecular complexity index is 669. The molecule has 13 nitrogen and oxygen atoms in total. The predicted molar refractivity (Wildman–Crippen MR) is 125 cm³/mol. The van der Waals surface area contributed by atoms with Crippen molar-refractivity contribution in [2.24, 2.45) is 33.8 Å². The third kappa shape index (κ3) is 13.3. The van der Waals surface area contributed by atoms with Gasteiger partial charge in [-0.3, -0.25) is 24.2 Å². The van der Waals surface area contributed by atoms with Gasteiger partial charge in [0.2, 0.25) is 17.7 Å². The number of guanidine groups is 1. The van der Waals surface area contributed by atoms with Gasteiger partial charge in [0.25, 0.3) is 0 Å². The average molecular weight is 473 g/mol. The van der Waals surface area contributed by atoms with Crippen LogP contribution in [0, 0.1) is 5.92 Å². The zero-order valence-electron chi connectivity index (χ0n) is 19.5. The molecule has 0 saturated heterocycles. The third-order valence-electron chi connectivity index (χ3n) is 5.09. The molecule has 0 aromatic heterocycles. The largest absolute Gasteiger partial charge is 0.480 e. The van der Waals surface area contributed by atoms with Crippen molar-refractivity contribution in [2.45, 2.75) is 70.5 Å². The van der Waals surface area contributed by atoms with Crippen molar-refractivity contribution in [3.8, 4) is 0 Å². The molecule has 33 heavy (non-hydrogen) atoms. The van der Waals surface area contributed by atoms with Crippen LogP contribution < -0.4 is 38.9 Å².